The predicted molar refractivity (Wildman–Crippen MR) is 56.7 cm³/mol. The maximum absolute atomic E-state index is 10.8. The number of nitro groups is 1. The lowest BCUT2D eigenvalue weighted by Crippen LogP contribution is -2.09. The highest BCUT2D eigenvalue weighted by atomic mass is 16.6. The molecular weight excluding hydrogens is 212 g/mol. The minimum atomic E-state index is -1.30. The van der Waals surface area contributed by atoms with E-state index < -0.39 is 11.0 Å². The van der Waals surface area contributed by atoms with Crippen LogP contribution in [0.25, 0.3) is 0 Å². The molecule has 1 aromatic rings. The van der Waals surface area contributed by atoms with Gasteiger partial charge in [0.25, 0.3) is 5.69 Å². The molecule has 16 heavy (non-hydrogen) atoms. The predicted octanol–water partition coefficient (Wildman–Crippen LogP) is 2.56. The van der Waals surface area contributed by atoms with Crippen molar-refractivity contribution in [2.75, 3.05) is 5.32 Å². The molecule has 0 unspecified atom stereocenters. The van der Waals surface area contributed by atoms with Gasteiger partial charge in [0.05, 0.1) is 4.92 Å². The first-order chi connectivity index (χ1) is 7.58. The van der Waals surface area contributed by atoms with E-state index in [2.05, 4.69) is 0 Å². The fourth-order valence-electron chi connectivity index (χ4n) is 1.59. The Morgan fingerprint density at radius 1 is 1.50 bits per heavy atom. The zero-order chi connectivity index (χ0) is 11.7. The van der Waals surface area contributed by atoms with Crippen molar-refractivity contribution in [2.45, 2.75) is 18.8 Å². The number of anilines is 1. The highest BCUT2D eigenvalue weighted by Crippen LogP contribution is 2.42. The number of hydrogen-bond donors (Lipinski definition) is 2. The van der Waals surface area contributed by atoms with Crippen LogP contribution in [-0.4, -0.2) is 16.1 Å². The van der Waals surface area contributed by atoms with Gasteiger partial charge in [-0.2, -0.15) is 0 Å². The lowest BCUT2D eigenvalue weighted by Gasteiger charge is -2.04. The van der Waals surface area contributed by atoms with Crippen LogP contribution in [0, 0.1) is 10.1 Å². The summed E-state index contributed by atoms with van der Waals surface area (Å²) in [6, 6.07) is 4.62. The third-order valence-corrected chi connectivity index (χ3v) is 2.51. The third kappa shape index (κ3) is 2.10. The number of nitrogens with one attached hydrogen (secondary N) is 1. The second kappa shape index (κ2) is 3.80. The molecule has 0 aliphatic heterocycles. The van der Waals surface area contributed by atoms with Crippen molar-refractivity contribution in [2.24, 2.45) is 0 Å². The van der Waals surface area contributed by atoms with Crippen LogP contribution < -0.4 is 5.32 Å². The Kier molecular flexibility index (Phi) is 2.47. The summed E-state index contributed by atoms with van der Waals surface area (Å²) in [5.41, 5.74) is 0.733. The van der Waals surface area contributed by atoms with Crippen LogP contribution >= 0.6 is 0 Å². The van der Waals surface area contributed by atoms with Gasteiger partial charge in [-0.05, 0) is 30.4 Å². The summed E-state index contributed by atoms with van der Waals surface area (Å²) < 4.78 is 0. The SMILES string of the molecule is O=C(O)Nc1ccc(C2CC2)cc1[N+](=O)[O-]. The molecule has 0 spiro atoms. The number of benzene rings is 1. The van der Waals surface area contributed by atoms with Gasteiger partial charge in [0, 0.05) is 6.07 Å². The van der Waals surface area contributed by atoms with Gasteiger partial charge in [-0.15, -0.1) is 0 Å². The molecule has 1 fully saturated rings. The van der Waals surface area contributed by atoms with E-state index in [1.807, 2.05) is 5.32 Å². The molecule has 84 valence electrons. The van der Waals surface area contributed by atoms with E-state index in [4.69, 9.17) is 5.11 Å². The molecule has 0 bridgehead atoms. The molecule has 2 rings (SSSR count). The molecule has 6 heteroatoms. The standard InChI is InChI=1S/C10H10N2O4/c13-10(14)11-8-4-3-7(6-1-2-6)5-9(8)12(15)16/h3-6,11H,1-2H2,(H,13,14). The number of hydrogen-bond acceptors (Lipinski definition) is 3. The molecule has 0 heterocycles. The van der Waals surface area contributed by atoms with E-state index in [1.165, 1.54) is 12.1 Å². The topological polar surface area (TPSA) is 92.5 Å². The highest BCUT2D eigenvalue weighted by molar-refractivity contribution is 5.86. The minimum Gasteiger partial charge on any atom is -0.465 e. The van der Waals surface area contributed by atoms with Crippen molar-refractivity contribution in [3.8, 4) is 0 Å². The maximum atomic E-state index is 10.8. The molecule has 0 radical (unpaired) electrons. The number of carboxylic acid groups (broad SMARTS) is 1. The van der Waals surface area contributed by atoms with Crippen LogP contribution in [0.15, 0.2) is 18.2 Å². The summed E-state index contributed by atoms with van der Waals surface area (Å²) >= 11 is 0. The van der Waals surface area contributed by atoms with E-state index >= 15 is 0 Å². The number of carbonyl (C=O) groups is 1. The fraction of sp³-hybridized carbons (Fsp3) is 0.300. The average molecular weight is 222 g/mol. The van der Waals surface area contributed by atoms with Gasteiger partial charge in [-0.25, -0.2) is 4.79 Å². The summed E-state index contributed by atoms with van der Waals surface area (Å²) in [7, 11) is 0. The second-order valence-electron chi connectivity index (χ2n) is 3.74. The summed E-state index contributed by atoms with van der Waals surface area (Å²) in [5, 5.41) is 21.3. The molecule has 1 amide bonds. The minimum absolute atomic E-state index is 0.0156. The van der Waals surface area contributed by atoms with Crippen LogP contribution in [-0.2, 0) is 0 Å². The first-order valence-corrected chi connectivity index (χ1v) is 4.86. The first-order valence-electron chi connectivity index (χ1n) is 4.86. The van der Waals surface area contributed by atoms with Crippen molar-refractivity contribution in [3.05, 3.63) is 33.9 Å². The zero-order valence-corrected chi connectivity index (χ0v) is 8.34. The van der Waals surface area contributed by atoms with Crippen LogP contribution in [0.2, 0.25) is 0 Å². The summed E-state index contributed by atoms with van der Waals surface area (Å²) in [5.74, 6) is 0.401. The molecule has 1 aromatic carbocycles. The Hall–Kier alpha value is -2.11. The Morgan fingerprint density at radius 3 is 2.69 bits per heavy atom. The number of amides is 1. The van der Waals surface area contributed by atoms with Gasteiger partial charge in [0.1, 0.15) is 5.69 Å². The smallest absolute Gasteiger partial charge is 0.409 e. The van der Waals surface area contributed by atoms with E-state index in [9.17, 15) is 14.9 Å². The van der Waals surface area contributed by atoms with Crippen molar-refractivity contribution in [3.63, 3.8) is 0 Å². The normalized spacial score (nSPS) is 14.5. The largest absolute Gasteiger partial charge is 0.465 e. The lowest BCUT2D eigenvalue weighted by atomic mass is 10.1. The molecule has 1 aliphatic rings. The first kappa shape index (κ1) is 10.4. The van der Waals surface area contributed by atoms with Gasteiger partial charge in [-0.3, -0.25) is 15.4 Å². The van der Waals surface area contributed by atoms with Crippen LogP contribution in [0.1, 0.15) is 24.3 Å². The Labute approximate surface area is 91.0 Å². The van der Waals surface area contributed by atoms with Gasteiger partial charge in [-0.1, -0.05) is 6.07 Å². The summed E-state index contributed by atoms with van der Waals surface area (Å²) in [6.45, 7) is 0. The van der Waals surface area contributed by atoms with E-state index in [-0.39, 0.29) is 11.4 Å². The van der Waals surface area contributed by atoms with E-state index in [0.717, 1.165) is 18.4 Å². The fourth-order valence-corrected chi connectivity index (χ4v) is 1.59. The van der Waals surface area contributed by atoms with Gasteiger partial charge in [0.2, 0.25) is 0 Å². The molecule has 1 aliphatic carbocycles. The second-order valence-corrected chi connectivity index (χ2v) is 3.74. The Balaban J connectivity index is 2.36. The number of nitro benzene ring substituents is 1. The maximum Gasteiger partial charge on any atom is 0.409 e. The van der Waals surface area contributed by atoms with E-state index in [1.54, 1.807) is 6.07 Å². The van der Waals surface area contributed by atoms with Crippen molar-refractivity contribution in [1.82, 2.24) is 0 Å². The molecule has 0 atom stereocenters. The summed E-state index contributed by atoms with van der Waals surface area (Å²) in [6.07, 6.45) is 0.786. The zero-order valence-electron chi connectivity index (χ0n) is 8.34. The van der Waals surface area contributed by atoms with E-state index in [0.29, 0.717) is 5.92 Å². The van der Waals surface area contributed by atoms with Gasteiger partial charge >= 0.3 is 6.09 Å². The average Bonchev–Trinajstić information content (AvgIpc) is 3.00. The lowest BCUT2D eigenvalue weighted by molar-refractivity contribution is -0.384. The van der Waals surface area contributed by atoms with Gasteiger partial charge in [0.15, 0.2) is 0 Å². The van der Waals surface area contributed by atoms with Gasteiger partial charge < -0.3 is 5.11 Å². The van der Waals surface area contributed by atoms with Crippen molar-refractivity contribution in [1.29, 1.82) is 0 Å². The summed E-state index contributed by atoms with van der Waals surface area (Å²) in [4.78, 5) is 20.6. The molecule has 2 N–H and O–H groups in total. The van der Waals surface area contributed by atoms with Crippen molar-refractivity contribution < 1.29 is 14.8 Å². The monoisotopic (exact) mass is 222 g/mol. The molecule has 0 aromatic heterocycles. The number of nitrogens with zero attached hydrogens (tertiary/aromatic N) is 1. The molecule has 1 saturated carbocycles. The molecule has 6 nitrogen and oxygen atoms in total. The Morgan fingerprint density at radius 2 is 2.19 bits per heavy atom. The third-order valence-electron chi connectivity index (χ3n) is 2.51. The van der Waals surface area contributed by atoms with Crippen molar-refractivity contribution >= 4 is 17.5 Å². The Bertz CT molecular complexity index is 454. The highest BCUT2D eigenvalue weighted by Gasteiger charge is 2.26. The van der Waals surface area contributed by atoms with Crippen LogP contribution in [0.5, 0.6) is 0 Å². The van der Waals surface area contributed by atoms with Crippen LogP contribution in [0.4, 0.5) is 16.2 Å². The quantitative estimate of drug-likeness (QED) is 0.607. The van der Waals surface area contributed by atoms with Crippen LogP contribution in [0.3, 0.4) is 0 Å². The molecular formula is C10H10N2O4. The number of rotatable bonds is 3. The molecule has 0 saturated heterocycles.